The number of likely N-dealkylation sites (tertiary alicyclic amines) is 1. The van der Waals surface area contributed by atoms with Crippen LogP contribution in [0, 0.1) is 0 Å². The van der Waals surface area contributed by atoms with Crippen molar-refractivity contribution < 1.29 is 9.59 Å². The highest BCUT2D eigenvalue weighted by molar-refractivity contribution is 5.99. The van der Waals surface area contributed by atoms with Crippen molar-refractivity contribution in [2.75, 3.05) is 11.9 Å². The number of aromatic nitrogens is 1. The van der Waals surface area contributed by atoms with Crippen LogP contribution in [0.15, 0.2) is 60.8 Å². The van der Waals surface area contributed by atoms with E-state index >= 15 is 0 Å². The van der Waals surface area contributed by atoms with E-state index in [1.807, 2.05) is 60.8 Å². The van der Waals surface area contributed by atoms with E-state index in [0.29, 0.717) is 19.4 Å². The number of nitrogens with one attached hydrogen (secondary N) is 2. The maximum absolute atomic E-state index is 12.7. The van der Waals surface area contributed by atoms with Crippen LogP contribution in [0.25, 0.3) is 10.9 Å². The molecule has 2 heterocycles. The van der Waals surface area contributed by atoms with Crippen LogP contribution in [0.1, 0.15) is 18.4 Å². The molecule has 5 nitrogen and oxygen atoms in total. The van der Waals surface area contributed by atoms with Crippen molar-refractivity contribution in [3.8, 4) is 0 Å². The van der Waals surface area contributed by atoms with Crippen LogP contribution in [-0.4, -0.2) is 34.3 Å². The molecule has 0 unspecified atom stereocenters. The number of fused-ring (bicyclic) bond motifs is 1. The molecule has 1 fully saturated rings. The van der Waals surface area contributed by atoms with E-state index in [1.165, 1.54) is 0 Å². The highest BCUT2D eigenvalue weighted by Gasteiger charge is 2.33. The van der Waals surface area contributed by atoms with Crippen molar-refractivity contribution in [1.82, 2.24) is 9.88 Å². The molecule has 3 aromatic rings. The predicted octanol–water partition coefficient (Wildman–Crippen LogP) is 3.34. The van der Waals surface area contributed by atoms with Crippen molar-refractivity contribution >= 4 is 28.4 Å². The van der Waals surface area contributed by atoms with E-state index in [9.17, 15) is 9.59 Å². The molecule has 132 valence electrons. The van der Waals surface area contributed by atoms with Gasteiger partial charge in [0.1, 0.15) is 6.04 Å². The Kier molecular flexibility index (Phi) is 4.44. The highest BCUT2D eigenvalue weighted by Crippen LogP contribution is 2.22. The Morgan fingerprint density at radius 3 is 2.81 bits per heavy atom. The number of carbonyl (C=O) groups is 2. The van der Waals surface area contributed by atoms with Crippen LogP contribution >= 0.6 is 0 Å². The molecule has 0 spiro atoms. The first kappa shape index (κ1) is 16.4. The lowest BCUT2D eigenvalue weighted by Crippen LogP contribution is -2.43. The summed E-state index contributed by atoms with van der Waals surface area (Å²) in [5, 5.41) is 4.06. The SMILES string of the molecule is O=C(Nc1ccc2cc[nH]c2c1)[C@@H]1CCCN1C(=O)Cc1ccccc1. The smallest absolute Gasteiger partial charge is 0.247 e. The summed E-state index contributed by atoms with van der Waals surface area (Å²) in [5.41, 5.74) is 2.69. The Hall–Kier alpha value is -3.08. The summed E-state index contributed by atoms with van der Waals surface area (Å²) in [6.45, 7) is 0.638. The number of carbonyl (C=O) groups excluding carboxylic acids is 2. The lowest BCUT2D eigenvalue weighted by atomic mass is 10.1. The fourth-order valence-corrected chi connectivity index (χ4v) is 3.56. The first-order valence-corrected chi connectivity index (χ1v) is 8.92. The Balaban J connectivity index is 1.45. The third-order valence-corrected chi connectivity index (χ3v) is 4.90. The second-order valence-corrected chi connectivity index (χ2v) is 6.68. The molecule has 2 N–H and O–H groups in total. The van der Waals surface area contributed by atoms with Crippen LogP contribution in [0.5, 0.6) is 0 Å². The normalized spacial score (nSPS) is 16.8. The van der Waals surface area contributed by atoms with Crippen LogP contribution in [0.4, 0.5) is 5.69 Å². The Morgan fingerprint density at radius 1 is 1.12 bits per heavy atom. The third-order valence-electron chi connectivity index (χ3n) is 4.90. The number of benzene rings is 2. The van der Waals surface area contributed by atoms with Crippen LogP contribution in [0.2, 0.25) is 0 Å². The monoisotopic (exact) mass is 347 g/mol. The molecule has 4 rings (SSSR count). The minimum absolute atomic E-state index is 0.00803. The maximum Gasteiger partial charge on any atom is 0.247 e. The molecule has 0 saturated carbocycles. The van der Waals surface area contributed by atoms with Gasteiger partial charge in [-0.3, -0.25) is 9.59 Å². The molecular formula is C21H21N3O2. The Morgan fingerprint density at radius 2 is 1.96 bits per heavy atom. The molecule has 0 bridgehead atoms. The minimum Gasteiger partial charge on any atom is -0.361 e. The van der Waals surface area contributed by atoms with Crippen LogP contribution in [0.3, 0.4) is 0 Å². The molecule has 2 amide bonds. The van der Waals surface area contributed by atoms with E-state index < -0.39 is 6.04 Å². The topological polar surface area (TPSA) is 65.2 Å². The lowest BCUT2D eigenvalue weighted by molar-refractivity contribution is -0.136. The van der Waals surface area contributed by atoms with Gasteiger partial charge in [-0.15, -0.1) is 0 Å². The van der Waals surface area contributed by atoms with Gasteiger partial charge in [0.05, 0.1) is 6.42 Å². The molecule has 0 radical (unpaired) electrons. The first-order valence-electron chi connectivity index (χ1n) is 8.92. The summed E-state index contributed by atoms with van der Waals surface area (Å²) in [6, 6.07) is 17.0. The van der Waals surface area contributed by atoms with Gasteiger partial charge in [-0.1, -0.05) is 36.4 Å². The zero-order valence-corrected chi connectivity index (χ0v) is 14.4. The van der Waals surface area contributed by atoms with Gasteiger partial charge in [-0.25, -0.2) is 0 Å². The number of anilines is 1. The zero-order chi connectivity index (χ0) is 17.9. The molecule has 5 heteroatoms. The average Bonchev–Trinajstić information content (AvgIpc) is 3.31. The molecule has 1 aliphatic rings. The van der Waals surface area contributed by atoms with Gasteiger partial charge in [0.15, 0.2) is 0 Å². The summed E-state index contributed by atoms with van der Waals surface area (Å²) in [7, 11) is 0. The van der Waals surface area contributed by atoms with Crippen molar-refractivity contribution in [3.63, 3.8) is 0 Å². The number of amides is 2. The molecular weight excluding hydrogens is 326 g/mol. The van der Waals surface area contributed by atoms with Gasteiger partial charge in [0, 0.05) is 23.9 Å². The van der Waals surface area contributed by atoms with Crippen molar-refractivity contribution in [2.24, 2.45) is 0 Å². The quantitative estimate of drug-likeness (QED) is 0.760. The highest BCUT2D eigenvalue weighted by atomic mass is 16.2. The second kappa shape index (κ2) is 7.04. The lowest BCUT2D eigenvalue weighted by Gasteiger charge is -2.24. The standard InChI is InChI=1S/C21H21N3O2/c25-20(13-15-5-2-1-3-6-15)24-12-4-7-19(24)21(26)23-17-9-8-16-10-11-22-18(16)14-17/h1-3,5-6,8-11,14,19,22H,4,7,12-13H2,(H,23,26)/t19-/m0/s1. The Bertz CT molecular complexity index is 933. The van der Waals surface area contributed by atoms with Gasteiger partial charge in [-0.2, -0.15) is 0 Å². The second-order valence-electron chi connectivity index (χ2n) is 6.68. The van der Waals surface area contributed by atoms with Gasteiger partial charge in [0.25, 0.3) is 0 Å². The summed E-state index contributed by atoms with van der Waals surface area (Å²) >= 11 is 0. The number of nitrogens with zero attached hydrogens (tertiary/aromatic N) is 1. The molecule has 1 aromatic heterocycles. The van der Waals surface area contributed by atoms with E-state index in [1.54, 1.807) is 4.90 Å². The predicted molar refractivity (Wildman–Crippen MR) is 102 cm³/mol. The summed E-state index contributed by atoms with van der Waals surface area (Å²) in [6.07, 6.45) is 3.77. The number of hydrogen-bond donors (Lipinski definition) is 2. The van der Waals surface area contributed by atoms with Crippen molar-refractivity contribution in [2.45, 2.75) is 25.3 Å². The molecule has 1 atom stereocenters. The molecule has 0 aliphatic carbocycles. The minimum atomic E-state index is -0.398. The van der Waals surface area contributed by atoms with Crippen LogP contribution < -0.4 is 5.32 Å². The van der Waals surface area contributed by atoms with E-state index in [-0.39, 0.29) is 11.8 Å². The number of H-pyrrole nitrogens is 1. The molecule has 1 saturated heterocycles. The largest absolute Gasteiger partial charge is 0.361 e. The van der Waals surface area contributed by atoms with Crippen molar-refractivity contribution in [1.29, 1.82) is 0 Å². The summed E-state index contributed by atoms with van der Waals surface area (Å²) in [5.74, 6) is -0.108. The fourth-order valence-electron chi connectivity index (χ4n) is 3.56. The average molecular weight is 347 g/mol. The van der Waals surface area contributed by atoms with Gasteiger partial charge in [-0.05, 0) is 42.0 Å². The Labute approximate surface area is 152 Å². The number of hydrogen-bond acceptors (Lipinski definition) is 2. The van der Waals surface area contributed by atoms with Gasteiger partial charge >= 0.3 is 0 Å². The zero-order valence-electron chi connectivity index (χ0n) is 14.4. The fraction of sp³-hybridized carbons (Fsp3) is 0.238. The van der Waals surface area contributed by atoms with Gasteiger partial charge < -0.3 is 15.2 Å². The van der Waals surface area contributed by atoms with Crippen molar-refractivity contribution in [3.05, 3.63) is 66.4 Å². The molecule has 2 aromatic carbocycles. The maximum atomic E-state index is 12.7. The first-order chi connectivity index (χ1) is 12.7. The number of aromatic amines is 1. The summed E-state index contributed by atoms with van der Waals surface area (Å²) < 4.78 is 0. The van der Waals surface area contributed by atoms with Crippen LogP contribution in [-0.2, 0) is 16.0 Å². The van der Waals surface area contributed by atoms with E-state index in [2.05, 4.69) is 10.3 Å². The van der Waals surface area contributed by atoms with E-state index in [0.717, 1.165) is 28.6 Å². The number of rotatable bonds is 4. The molecule has 1 aliphatic heterocycles. The molecule has 26 heavy (non-hydrogen) atoms. The van der Waals surface area contributed by atoms with E-state index in [4.69, 9.17) is 0 Å². The third kappa shape index (κ3) is 3.33. The van der Waals surface area contributed by atoms with Gasteiger partial charge in [0.2, 0.25) is 11.8 Å². The summed E-state index contributed by atoms with van der Waals surface area (Å²) in [4.78, 5) is 30.3.